The van der Waals surface area contributed by atoms with Gasteiger partial charge in [-0.05, 0) is 61.7 Å². The van der Waals surface area contributed by atoms with Gasteiger partial charge in [-0.1, -0.05) is 29.8 Å². The Morgan fingerprint density at radius 1 is 1.17 bits per heavy atom. The van der Waals surface area contributed by atoms with E-state index in [1.165, 1.54) is 0 Å². The number of rotatable bonds is 4. The van der Waals surface area contributed by atoms with Gasteiger partial charge in [0.1, 0.15) is 5.92 Å². The minimum Gasteiger partial charge on any atom is -0.461 e. The van der Waals surface area contributed by atoms with Crippen molar-refractivity contribution < 1.29 is 19.1 Å². The molecule has 2 unspecified atom stereocenters. The molecule has 2 aromatic carbocycles. The number of halogens is 1. The summed E-state index contributed by atoms with van der Waals surface area (Å²) in [6.45, 7) is 5.64. The Kier molecular flexibility index (Phi) is 4.86. The number of ether oxygens (including phenoxy) is 1. The number of imide groups is 1. The van der Waals surface area contributed by atoms with Gasteiger partial charge in [0.05, 0.1) is 12.3 Å². The molecule has 1 fully saturated rings. The summed E-state index contributed by atoms with van der Waals surface area (Å²) in [7, 11) is 0. The van der Waals surface area contributed by atoms with Crippen molar-refractivity contribution in [3.63, 3.8) is 0 Å². The number of amides is 2. The second-order valence-corrected chi connectivity index (χ2v) is 7.76. The van der Waals surface area contributed by atoms with Gasteiger partial charge in [-0.15, -0.1) is 0 Å². The quantitative estimate of drug-likeness (QED) is 0.601. The van der Waals surface area contributed by atoms with Crippen LogP contribution in [-0.2, 0) is 24.7 Å². The van der Waals surface area contributed by atoms with Gasteiger partial charge < -0.3 is 4.74 Å². The molecule has 0 spiro atoms. The van der Waals surface area contributed by atoms with E-state index in [2.05, 4.69) is 10.5 Å². The van der Waals surface area contributed by atoms with Gasteiger partial charge in [0, 0.05) is 5.02 Å². The lowest BCUT2D eigenvalue weighted by molar-refractivity contribution is -0.136. The molecular weight excluding hydrogens is 406 g/mol. The Morgan fingerprint density at radius 3 is 2.50 bits per heavy atom. The molecule has 154 valence electrons. The largest absolute Gasteiger partial charge is 0.461 e. The molecule has 1 N–H and O–H groups in total. The van der Waals surface area contributed by atoms with Crippen LogP contribution in [0.25, 0.3) is 0 Å². The number of nitrogens with one attached hydrogen (secondary N) is 1. The summed E-state index contributed by atoms with van der Waals surface area (Å²) < 4.78 is 5.08. The van der Waals surface area contributed by atoms with Gasteiger partial charge in [0.25, 0.3) is 5.91 Å². The number of benzene rings is 2. The third-order valence-corrected chi connectivity index (χ3v) is 5.85. The van der Waals surface area contributed by atoms with E-state index in [1.807, 2.05) is 19.9 Å². The van der Waals surface area contributed by atoms with Crippen LogP contribution >= 0.6 is 11.6 Å². The number of hydrogen-bond acceptors (Lipinski definition) is 6. The summed E-state index contributed by atoms with van der Waals surface area (Å²) in [5, 5.41) is 4.55. The second-order valence-electron chi connectivity index (χ2n) is 7.32. The minimum absolute atomic E-state index is 0.114. The molecule has 0 aromatic heterocycles. The summed E-state index contributed by atoms with van der Waals surface area (Å²) >= 11 is 6.02. The van der Waals surface area contributed by atoms with Crippen LogP contribution in [0.15, 0.2) is 47.6 Å². The van der Waals surface area contributed by atoms with E-state index in [0.717, 1.165) is 16.0 Å². The molecule has 2 aliphatic heterocycles. The molecule has 30 heavy (non-hydrogen) atoms. The van der Waals surface area contributed by atoms with Crippen LogP contribution in [0.5, 0.6) is 0 Å². The van der Waals surface area contributed by atoms with Gasteiger partial charge >= 0.3 is 5.97 Å². The van der Waals surface area contributed by atoms with Gasteiger partial charge in [-0.3, -0.25) is 15.0 Å². The number of nitrogens with zero attached hydrogens (tertiary/aromatic N) is 2. The van der Waals surface area contributed by atoms with E-state index >= 15 is 0 Å². The van der Waals surface area contributed by atoms with E-state index in [4.69, 9.17) is 16.3 Å². The maximum absolute atomic E-state index is 13.7. The van der Waals surface area contributed by atoms with E-state index in [-0.39, 0.29) is 12.3 Å². The van der Waals surface area contributed by atoms with Crippen LogP contribution in [0.1, 0.15) is 23.6 Å². The molecular formula is C22H20ClN3O4. The van der Waals surface area contributed by atoms with Crippen molar-refractivity contribution in [2.45, 2.75) is 26.3 Å². The van der Waals surface area contributed by atoms with Crippen LogP contribution in [0.2, 0.25) is 5.02 Å². The lowest BCUT2D eigenvalue weighted by Gasteiger charge is -2.26. The Balaban J connectivity index is 1.87. The van der Waals surface area contributed by atoms with Crippen molar-refractivity contribution in [1.82, 2.24) is 5.43 Å². The average Bonchev–Trinajstić information content (AvgIpc) is 3.21. The maximum atomic E-state index is 13.7. The molecule has 0 radical (unpaired) electrons. The molecule has 7 nitrogen and oxygen atoms in total. The first-order valence-corrected chi connectivity index (χ1v) is 9.92. The van der Waals surface area contributed by atoms with Crippen LogP contribution in [0.3, 0.4) is 0 Å². The van der Waals surface area contributed by atoms with E-state index in [9.17, 15) is 14.4 Å². The summed E-state index contributed by atoms with van der Waals surface area (Å²) in [5.41, 5.74) is 4.06. The fourth-order valence-electron chi connectivity index (χ4n) is 3.91. The SMILES string of the molecule is CCOC(=O)C1=NNC2(c3ccc(Cl)cc3)C(=O)N(c3ccc(C)c(C)c3)C(=O)C12. The standard InChI is InChI=1S/C22H20ClN3O4/c1-4-30-20(28)18-17-19(27)26(16-10-5-12(2)13(3)11-16)21(29)22(17,25-24-18)14-6-8-15(23)9-7-14/h5-11,17,25H,4H2,1-3H3. The lowest BCUT2D eigenvalue weighted by Crippen LogP contribution is -2.48. The zero-order chi connectivity index (χ0) is 21.6. The molecule has 2 aromatic rings. The number of hydrazone groups is 1. The highest BCUT2D eigenvalue weighted by atomic mass is 35.5. The molecule has 2 heterocycles. The molecule has 1 saturated heterocycles. The smallest absolute Gasteiger partial charge is 0.355 e. The Bertz CT molecular complexity index is 1100. The van der Waals surface area contributed by atoms with Crippen LogP contribution < -0.4 is 10.3 Å². The first-order valence-electron chi connectivity index (χ1n) is 9.54. The van der Waals surface area contributed by atoms with Gasteiger partial charge in [-0.2, -0.15) is 5.10 Å². The molecule has 0 bridgehead atoms. The minimum atomic E-state index is -1.54. The van der Waals surface area contributed by atoms with Crippen molar-refractivity contribution in [3.8, 4) is 0 Å². The highest BCUT2D eigenvalue weighted by Crippen LogP contribution is 2.45. The van der Waals surface area contributed by atoms with Crippen molar-refractivity contribution in [3.05, 3.63) is 64.2 Å². The van der Waals surface area contributed by atoms with Crippen molar-refractivity contribution in [2.75, 3.05) is 11.5 Å². The first kappa shape index (κ1) is 20.1. The molecule has 4 rings (SSSR count). The van der Waals surface area contributed by atoms with Gasteiger partial charge in [0.15, 0.2) is 11.3 Å². The number of carbonyl (C=O) groups is 3. The Hall–Kier alpha value is -3.19. The first-order chi connectivity index (χ1) is 14.3. The lowest BCUT2D eigenvalue weighted by atomic mass is 9.79. The van der Waals surface area contributed by atoms with Gasteiger partial charge in [-0.25, -0.2) is 9.69 Å². The number of aryl methyl sites for hydroxylation is 2. The number of carbonyl (C=O) groups excluding carboxylic acids is 3. The predicted molar refractivity (Wildman–Crippen MR) is 112 cm³/mol. The van der Waals surface area contributed by atoms with E-state index < -0.39 is 29.2 Å². The van der Waals surface area contributed by atoms with Crippen LogP contribution in [0.4, 0.5) is 5.69 Å². The highest BCUT2D eigenvalue weighted by Gasteiger charge is 2.67. The summed E-state index contributed by atoms with van der Waals surface area (Å²) in [6, 6.07) is 11.9. The predicted octanol–water partition coefficient (Wildman–Crippen LogP) is 2.86. The second kappa shape index (κ2) is 7.25. The monoisotopic (exact) mass is 425 g/mol. The zero-order valence-electron chi connectivity index (χ0n) is 16.7. The summed E-state index contributed by atoms with van der Waals surface area (Å²) in [6.07, 6.45) is 0. The third-order valence-electron chi connectivity index (χ3n) is 5.60. The third kappa shape index (κ3) is 2.81. The molecule has 2 atom stereocenters. The van der Waals surface area contributed by atoms with Crippen molar-refractivity contribution >= 4 is 40.8 Å². The number of hydrogen-bond donors (Lipinski definition) is 1. The Labute approximate surface area is 178 Å². The summed E-state index contributed by atoms with van der Waals surface area (Å²) in [4.78, 5) is 40.9. The number of esters is 1. The van der Waals surface area contributed by atoms with Crippen LogP contribution in [0, 0.1) is 19.8 Å². The normalized spacial score (nSPS) is 22.6. The molecule has 2 aliphatic rings. The zero-order valence-corrected chi connectivity index (χ0v) is 17.5. The maximum Gasteiger partial charge on any atom is 0.355 e. The van der Waals surface area contributed by atoms with Crippen molar-refractivity contribution in [1.29, 1.82) is 0 Å². The summed E-state index contributed by atoms with van der Waals surface area (Å²) in [5.74, 6) is -2.91. The average molecular weight is 426 g/mol. The van der Waals surface area contributed by atoms with E-state index in [1.54, 1.807) is 43.3 Å². The molecule has 0 aliphatic carbocycles. The topological polar surface area (TPSA) is 88.1 Å². The number of anilines is 1. The molecule has 0 saturated carbocycles. The van der Waals surface area contributed by atoms with Crippen molar-refractivity contribution in [2.24, 2.45) is 11.0 Å². The molecule has 2 amide bonds. The fraction of sp³-hybridized carbons (Fsp3) is 0.273. The highest BCUT2D eigenvalue weighted by molar-refractivity contribution is 6.47. The molecule has 8 heteroatoms. The van der Waals surface area contributed by atoms with E-state index in [0.29, 0.717) is 16.3 Å². The number of fused-ring (bicyclic) bond motifs is 1. The van der Waals surface area contributed by atoms with Crippen LogP contribution in [-0.4, -0.2) is 30.1 Å². The fourth-order valence-corrected chi connectivity index (χ4v) is 4.03. The Morgan fingerprint density at radius 2 is 1.87 bits per heavy atom. The van der Waals surface area contributed by atoms with Gasteiger partial charge in [0.2, 0.25) is 5.91 Å².